The number of halogens is 1. The molecule has 3 N–H and O–H groups in total. The van der Waals surface area contributed by atoms with E-state index in [1.807, 2.05) is 0 Å². The normalized spacial score (nSPS) is 21.1. The van der Waals surface area contributed by atoms with E-state index in [0.717, 1.165) is 5.56 Å². The van der Waals surface area contributed by atoms with Crippen LogP contribution >= 0.6 is 0 Å². The van der Waals surface area contributed by atoms with Crippen molar-refractivity contribution in [3.8, 4) is 0 Å². The summed E-state index contributed by atoms with van der Waals surface area (Å²) in [4.78, 5) is 13.6. The molecular weight excluding hydrogens is 235 g/mol. The first-order chi connectivity index (χ1) is 8.56. The van der Waals surface area contributed by atoms with Crippen molar-refractivity contribution in [1.82, 2.24) is 4.90 Å². The standard InChI is InChI=1S/C13H17FN2O2/c14-10-3-1-9(2-4-10)7-12(15)13(18)16-6-5-11(17)8-16/h1-4,11-12,17H,5-8,15H2. The third-order valence-corrected chi connectivity index (χ3v) is 3.16. The molecule has 2 rings (SSSR count). The second-order valence-electron chi connectivity index (χ2n) is 4.66. The molecule has 0 saturated carbocycles. The number of β-amino-alcohol motifs (C(OH)–C–C–N with tert-alkyl or cyclic N) is 1. The van der Waals surface area contributed by atoms with Crippen LogP contribution in [0.3, 0.4) is 0 Å². The van der Waals surface area contributed by atoms with Crippen molar-refractivity contribution in [3.05, 3.63) is 35.6 Å². The molecule has 1 aromatic rings. The molecule has 1 aliphatic rings. The van der Waals surface area contributed by atoms with E-state index in [2.05, 4.69) is 0 Å². The van der Waals surface area contributed by atoms with Crippen LogP contribution in [-0.2, 0) is 11.2 Å². The van der Waals surface area contributed by atoms with Gasteiger partial charge in [0.05, 0.1) is 12.1 Å². The van der Waals surface area contributed by atoms with Crippen LogP contribution in [0.25, 0.3) is 0 Å². The zero-order valence-corrected chi connectivity index (χ0v) is 10.1. The van der Waals surface area contributed by atoms with Gasteiger partial charge in [-0.1, -0.05) is 12.1 Å². The molecule has 4 nitrogen and oxygen atoms in total. The third kappa shape index (κ3) is 3.05. The van der Waals surface area contributed by atoms with Crippen LogP contribution in [0.5, 0.6) is 0 Å². The minimum absolute atomic E-state index is 0.157. The van der Waals surface area contributed by atoms with Crippen molar-refractivity contribution in [2.75, 3.05) is 13.1 Å². The fourth-order valence-electron chi connectivity index (χ4n) is 2.14. The Morgan fingerprint density at radius 2 is 2.17 bits per heavy atom. The molecule has 1 saturated heterocycles. The number of benzene rings is 1. The van der Waals surface area contributed by atoms with E-state index in [1.54, 1.807) is 17.0 Å². The number of aliphatic hydroxyl groups is 1. The number of hydrogen-bond acceptors (Lipinski definition) is 3. The molecule has 1 fully saturated rings. The van der Waals surface area contributed by atoms with Crippen LogP contribution in [0.2, 0.25) is 0 Å². The summed E-state index contributed by atoms with van der Waals surface area (Å²) in [5.74, 6) is -0.461. The average Bonchev–Trinajstić information content (AvgIpc) is 2.78. The number of nitrogens with zero attached hydrogens (tertiary/aromatic N) is 1. The van der Waals surface area contributed by atoms with Gasteiger partial charge < -0.3 is 15.7 Å². The summed E-state index contributed by atoms with van der Waals surface area (Å²) in [6, 6.07) is 5.32. The fourth-order valence-corrected chi connectivity index (χ4v) is 2.14. The van der Waals surface area contributed by atoms with Crippen LogP contribution in [0, 0.1) is 5.82 Å². The molecule has 1 heterocycles. The monoisotopic (exact) mass is 252 g/mol. The van der Waals surface area contributed by atoms with Gasteiger partial charge in [0.15, 0.2) is 0 Å². The van der Waals surface area contributed by atoms with Gasteiger partial charge in [-0.2, -0.15) is 0 Å². The molecular formula is C13H17FN2O2. The van der Waals surface area contributed by atoms with Gasteiger partial charge in [-0.05, 0) is 30.5 Å². The largest absolute Gasteiger partial charge is 0.391 e. The molecule has 0 bridgehead atoms. The molecule has 1 amide bonds. The van der Waals surface area contributed by atoms with E-state index in [-0.39, 0.29) is 11.7 Å². The van der Waals surface area contributed by atoms with E-state index in [4.69, 9.17) is 5.73 Å². The van der Waals surface area contributed by atoms with Crippen LogP contribution in [0.15, 0.2) is 24.3 Å². The molecule has 1 aromatic carbocycles. The number of aliphatic hydroxyl groups excluding tert-OH is 1. The smallest absolute Gasteiger partial charge is 0.239 e. The molecule has 5 heteroatoms. The lowest BCUT2D eigenvalue weighted by Crippen LogP contribution is -2.44. The lowest BCUT2D eigenvalue weighted by Gasteiger charge is -2.20. The summed E-state index contributed by atoms with van der Waals surface area (Å²) >= 11 is 0. The number of likely N-dealkylation sites (tertiary alicyclic amines) is 1. The van der Waals surface area contributed by atoms with Crippen molar-refractivity contribution in [3.63, 3.8) is 0 Å². The zero-order chi connectivity index (χ0) is 13.1. The summed E-state index contributed by atoms with van der Waals surface area (Å²) in [7, 11) is 0. The van der Waals surface area contributed by atoms with Crippen LogP contribution < -0.4 is 5.73 Å². The van der Waals surface area contributed by atoms with E-state index in [0.29, 0.717) is 25.9 Å². The highest BCUT2D eigenvalue weighted by Gasteiger charge is 2.28. The van der Waals surface area contributed by atoms with Gasteiger partial charge >= 0.3 is 0 Å². The molecule has 0 aliphatic carbocycles. The Bertz CT molecular complexity index is 422. The van der Waals surface area contributed by atoms with Crippen LogP contribution in [0.1, 0.15) is 12.0 Å². The topological polar surface area (TPSA) is 66.6 Å². The lowest BCUT2D eigenvalue weighted by atomic mass is 10.1. The highest BCUT2D eigenvalue weighted by Crippen LogP contribution is 2.12. The van der Waals surface area contributed by atoms with Gasteiger partial charge in [-0.25, -0.2) is 4.39 Å². The molecule has 0 radical (unpaired) electrons. The van der Waals surface area contributed by atoms with Crippen molar-refractivity contribution >= 4 is 5.91 Å². The number of carbonyl (C=O) groups excluding carboxylic acids is 1. The molecule has 0 spiro atoms. The average molecular weight is 252 g/mol. The van der Waals surface area contributed by atoms with E-state index in [1.165, 1.54) is 12.1 Å². The third-order valence-electron chi connectivity index (χ3n) is 3.16. The van der Waals surface area contributed by atoms with Gasteiger partial charge in [0, 0.05) is 13.1 Å². The Balaban J connectivity index is 1.93. The maximum atomic E-state index is 12.7. The number of nitrogens with two attached hydrogens (primary N) is 1. The second-order valence-corrected chi connectivity index (χ2v) is 4.66. The van der Waals surface area contributed by atoms with E-state index < -0.39 is 12.1 Å². The first-order valence-electron chi connectivity index (χ1n) is 6.03. The van der Waals surface area contributed by atoms with Gasteiger partial charge in [-0.3, -0.25) is 4.79 Å². The lowest BCUT2D eigenvalue weighted by molar-refractivity contribution is -0.131. The predicted octanol–water partition coefficient (Wildman–Crippen LogP) is 0.289. The van der Waals surface area contributed by atoms with Crippen LogP contribution in [-0.4, -0.2) is 41.1 Å². The molecule has 2 unspecified atom stereocenters. The van der Waals surface area contributed by atoms with Gasteiger partial charge in [-0.15, -0.1) is 0 Å². The summed E-state index contributed by atoms with van der Waals surface area (Å²) < 4.78 is 12.7. The summed E-state index contributed by atoms with van der Waals surface area (Å²) in [6.45, 7) is 0.910. The molecule has 2 atom stereocenters. The minimum Gasteiger partial charge on any atom is -0.391 e. The van der Waals surface area contributed by atoms with E-state index in [9.17, 15) is 14.3 Å². The fraction of sp³-hybridized carbons (Fsp3) is 0.462. The quantitative estimate of drug-likeness (QED) is 0.812. The zero-order valence-electron chi connectivity index (χ0n) is 10.1. The highest BCUT2D eigenvalue weighted by atomic mass is 19.1. The van der Waals surface area contributed by atoms with Crippen molar-refractivity contribution < 1.29 is 14.3 Å². The predicted molar refractivity (Wildman–Crippen MR) is 65.3 cm³/mol. The van der Waals surface area contributed by atoms with Gasteiger partial charge in [0.25, 0.3) is 0 Å². The highest BCUT2D eigenvalue weighted by molar-refractivity contribution is 5.82. The first kappa shape index (κ1) is 13.0. The molecule has 1 aliphatic heterocycles. The molecule has 98 valence electrons. The Morgan fingerprint density at radius 1 is 1.50 bits per heavy atom. The van der Waals surface area contributed by atoms with E-state index >= 15 is 0 Å². The van der Waals surface area contributed by atoms with Crippen LogP contribution in [0.4, 0.5) is 4.39 Å². The Hall–Kier alpha value is -1.46. The number of rotatable bonds is 3. The maximum Gasteiger partial charge on any atom is 0.239 e. The SMILES string of the molecule is NC(Cc1ccc(F)cc1)C(=O)N1CCC(O)C1. The summed E-state index contributed by atoms with van der Waals surface area (Å²) in [5.41, 5.74) is 6.68. The first-order valence-corrected chi connectivity index (χ1v) is 6.03. The summed E-state index contributed by atoms with van der Waals surface area (Å²) in [6.07, 6.45) is 0.549. The Labute approximate surface area is 105 Å². The number of amides is 1. The van der Waals surface area contributed by atoms with Crippen molar-refractivity contribution in [2.24, 2.45) is 5.73 Å². The number of hydrogen-bond donors (Lipinski definition) is 2. The Kier molecular flexibility index (Phi) is 3.93. The number of carbonyl (C=O) groups is 1. The summed E-state index contributed by atoms with van der Waals surface area (Å²) in [5, 5.41) is 9.37. The minimum atomic E-state index is -0.638. The molecule has 18 heavy (non-hydrogen) atoms. The second kappa shape index (κ2) is 5.46. The molecule has 0 aromatic heterocycles. The van der Waals surface area contributed by atoms with Gasteiger partial charge in [0.1, 0.15) is 5.82 Å². The van der Waals surface area contributed by atoms with Gasteiger partial charge in [0.2, 0.25) is 5.91 Å². The Morgan fingerprint density at radius 3 is 2.72 bits per heavy atom. The maximum absolute atomic E-state index is 12.7. The van der Waals surface area contributed by atoms with Crippen molar-refractivity contribution in [2.45, 2.75) is 25.0 Å². The van der Waals surface area contributed by atoms with Crippen molar-refractivity contribution in [1.29, 1.82) is 0 Å².